The normalized spacial score (nSPS) is 13.1. The van der Waals surface area contributed by atoms with Gasteiger partial charge in [0.05, 0.1) is 13.2 Å². The van der Waals surface area contributed by atoms with Gasteiger partial charge in [-0.1, -0.05) is 22.9 Å². The van der Waals surface area contributed by atoms with Crippen LogP contribution in [0.15, 0.2) is 22.7 Å². The van der Waals surface area contributed by atoms with Crippen LogP contribution in [0.25, 0.3) is 0 Å². The first-order valence-electron chi connectivity index (χ1n) is 6.34. The van der Waals surface area contributed by atoms with Crippen LogP contribution in [0.3, 0.4) is 0 Å². The molecule has 102 valence electrons. The zero-order valence-corrected chi connectivity index (χ0v) is 13.2. The molecule has 18 heavy (non-hydrogen) atoms. The molecule has 1 unspecified atom stereocenters. The Bertz CT molecular complexity index is 382. The summed E-state index contributed by atoms with van der Waals surface area (Å²) in [6.07, 6.45) is 0. The summed E-state index contributed by atoms with van der Waals surface area (Å²) in [4.78, 5) is 2.38. The fraction of sp³-hybridized carbons (Fsp3) is 0.571. The number of methoxy groups -OCH3 is 1. The summed E-state index contributed by atoms with van der Waals surface area (Å²) in [7, 11) is 1.70. The Kier molecular flexibility index (Phi) is 6.12. The Labute approximate surface area is 118 Å². The highest BCUT2D eigenvalue weighted by atomic mass is 79.9. The van der Waals surface area contributed by atoms with Gasteiger partial charge in [-0.15, -0.1) is 0 Å². The SMILES string of the molecule is CCN(C(C)C)C(CN)c1cc(Br)ccc1OC. The van der Waals surface area contributed by atoms with Crippen molar-refractivity contribution < 1.29 is 4.74 Å². The molecule has 4 heteroatoms. The van der Waals surface area contributed by atoms with Crippen molar-refractivity contribution in [3.63, 3.8) is 0 Å². The van der Waals surface area contributed by atoms with Gasteiger partial charge >= 0.3 is 0 Å². The third kappa shape index (κ3) is 3.46. The summed E-state index contributed by atoms with van der Waals surface area (Å²) in [5, 5.41) is 0. The van der Waals surface area contributed by atoms with Crippen LogP contribution in [-0.2, 0) is 0 Å². The number of nitrogens with two attached hydrogens (primary N) is 1. The first kappa shape index (κ1) is 15.5. The molecule has 0 radical (unpaired) electrons. The molecule has 0 amide bonds. The Morgan fingerprint density at radius 2 is 2.06 bits per heavy atom. The van der Waals surface area contributed by atoms with Crippen molar-refractivity contribution in [2.75, 3.05) is 20.2 Å². The average molecular weight is 315 g/mol. The molecule has 0 saturated carbocycles. The lowest BCUT2D eigenvalue weighted by atomic mass is 10.0. The van der Waals surface area contributed by atoms with E-state index in [0.717, 1.165) is 22.3 Å². The van der Waals surface area contributed by atoms with Crippen molar-refractivity contribution in [1.82, 2.24) is 4.90 Å². The van der Waals surface area contributed by atoms with E-state index >= 15 is 0 Å². The van der Waals surface area contributed by atoms with E-state index in [-0.39, 0.29) is 6.04 Å². The third-order valence-corrected chi connectivity index (χ3v) is 3.70. The minimum Gasteiger partial charge on any atom is -0.496 e. The summed E-state index contributed by atoms with van der Waals surface area (Å²) in [5.74, 6) is 0.896. The minimum absolute atomic E-state index is 0.183. The molecule has 0 aliphatic rings. The van der Waals surface area contributed by atoms with Gasteiger partial charge in [-0.2, -0.15) is 0 Å². The highest BCUT2D eigenvalue weighted by molar-refractivity contribution is 9.10. The van der Waals surface area contributed by atoms with Crippen molar-refractivity contribution in [2.45, 2.75) is 32.9 Å². The first-order valence-corrected chi connectivity index (χ1v) is 7.13. The number of hydrogen-bond donors (Lipinski definition) is 1. The third-order valence-electron chi connectivity index (χ3n) is 3.20. The van der Waals surface area contributed by atoms with E-state index in [0.29, 0.717) is 12.6 Å². The number of halogens is 1. The molecular weight excluding hydrogens is 292 g/mol. The lowest BCUT2D eigenvalue weighted by Gasteiger charge is -2.34. The molecule has 0 fully saturated rings. The van der Waals surface area contributed by atoms with E-state index in [1.165, 1.54) is 0 Å². The van der Waals surface area contributed by atoms with E-state index in [1.807, 2.05) is 12.1 Å². The second-order valence-corrected chi connectivity index (χ2v) is 5.48. The van der Waals surface area contributed by atoms with Crippen molar-refractivity contribution in [3.8, 4) is 5.75 Å². The Hall–Kier alpha value is -0.580. The number of likely N-dealkylation sites (N-methyl/N-ethyl adjacent to an activating group) is 1. The van der Waals surface area contributed by atoms with E-state index in [2.05, 4.69) is 47.7 Å². The molecule has 1 atom stereocenters. The van der Waals surface area contributed by atoms with Crippen molar-refractivity contribution in [1.29, 1.82) is 0 Å². The zero-order chi connectivity index (χ0) is 13.7. The van der Waals surface area contributed by atoms with Crippen LogP contribution in [0.2, 0.25) is 0 Å². The smallest absolute Gasteiger partial charge is 0.123 e. The van der Waals surface area contributed by atoms with Crippen molar-refractivity contribution >= 4 is 15.9 Å². The highest BCUT2D eigenvalue weighted by Gasteiger charge is 2.23. The summed E-state index contributed by atoms with van der Waals surface area (Å²) >= 11 is 3.52. The lowest BCUT2D eigenvalue weighted by Crippen LogP contribution is -2.38. The minimum atomic E-state index is 0.183. The van der Waals surface area contributed by atoms with Gasteiger partial charge in [-0.3, -0.25) is 4.90 Å². The number of ether oxygens (including phenoxy) is 1. The quantitative estimate of drug-likeness (QED) is 0.876. The molecule has 0 heterocycles. The Balaban J connectivity index is 3.18. The summed E-state index contributed by atoms with van der Waals surface area (Å²) in [6.45, 7) is 8.09. The predicted octanol–water partition coefficient (Wildman–Crippen LogP) is 3.19. The Morgan fingerprint density at radius 3 is 2.50 bits per heavy atom. The van der Waals surface area contributed by atoms with Crippen LogP contribution in [0.1, 0.15) is 32.4 Å². The molecule has 0 spiro atoms. The van der Waals surface area contributed by atoms with Crippen LogP contribution in [0.4, 0.5) is 0 Å². The lowest BCUT2D eigenvalue weighted by molar-refractivity contribution is 0.164. The summed E-state index contributed by atoms with van der Waals surface area (Å²) < 4.78 is 6.51. The van der Waals surface area contributed by atoms with Gasteiger partial charge in [0.15, 0.2) is 0 Å². The molecule has 1 aromatic rings. The van der Waals surface area contributed by atoms with Gasteiger partial charge in [0, 0.05) is 22.6 Å². The van der Waals surface area contributed by atoms with Gasteiger partial charge in [0.1, 0.15) is 5.75 Å². The van der Waals surface area contributed by atoms with Crippen molar-refractivity contribution in [2.24, 2.45) is 5.73 Å². The molecule has 0 bridgehead atoms. The number of nitrogens with zero attached hydrogens (tertiary/aromatic N) is 1. The maximum atomic E-state index is 5.98. The van der Waals surface area contributed by atoms with Gasteiger partial charge in [-0.25, -0.2) is 0 Å². The number of rotatable bonds is 6. The van der Waals surface area contributed by atoms with E-state index < -0.39 is 0 Å². The predicted molar refractivity (Wildman–Crippen MR) is 80.0 cm³/mol. The zero-order valence-electron chi connectivity index (χ0n) is 11.6. The molecule has 3 nitrogen and oxygen atoms in total. The van der Waals surface area contributed by atoms with Crippen LogP contribution in [-0.4, -0.2) is 31.1 Å². The van der Waals surface area contributed by atoms with Crippen LogP contribution in [0.5, 0.6) is 5.75 Å². The van der Waals surface area contributed by atoms with E-state index in [1.54, 1.807) is 7.11 Å². The number of benzene rings is 1. The van der Waals surface area contributed by atoms with E-state index in [4.69, 9.17) is 10.5 Å². The molecule has 0 saturated heterocycles. The molecule has 0 aliphatic heterocycles. The summed E-state index contributed by atoms with van der Waals surface area (Å²) in [6, 6.07) is 6.70. The Morgan fingerprint density at radius 1 is 1.39 bits per heavy atom. The van der Waals surface area contributed by atoms with Gasteiger partial charge < -0.3 is 10.5 Å². The fourth-order valence-corrected chi connectivity index (χ4v) is 2.73. The van der Waals surface area contributed by atoms with Gasteiger partial charge in [0.25, 0.3) is 0 Å². The second kappa shape index (κ2) is 7.12. The molecule has 1 aromatic carbocycles. The molecule has 2 N–H and O–H groups in total. The monoisotopic (exact) mass is 314 g/mol. The molecule has 1 rings (SSSR count). The second-order valence-electron chi connectivity index (χ2n) is 4.56. The molecule has 0 aliphatic carbocycles. The topological polar surface area (TPSA) is 38.5 Å². The van der Waals surface area contributed by atoms with Crippen LogP contribution in [0, 0.1) is 0 Å². The first-order chi connectivity index (χ1) is 8.54. The maximum absolute atomic E-state index is 5.98. The van der Waals surface area contributed by atoms with E-state index in [9.17, 15) is 0 Å². The molecule has 0 aromatic heterocycles. The van der Waals surface area contributed by atoms with Gasteiger partial charge in [-0.05, 0) is 38.6 Å². The average Bonchev–Trinajstić information content (AvgIpc) is 2.35. The molecular formula is C14H23BrN2O. The van der Waals surface area contributed by atoms with Crippen molar-refractivity contribution in [3.05, 3.63) is 28.2 Å². The van der Waals surface area contributed by atoms with Crippen LogP contribution >= 0.6 is 15.9 Å². The fourth-order valence-electron chi connectivity index (χ4n) is 2.35. The highest BCUT2D eigenvalue weighted by Crippen LogP contribution is 2.32. The van der Waals surface area contributed by atoms with Crippen LogP contribution < -0.4 is 10.5 Å². The van der Waals surface area contributed by atoms with Gasteiger partial charge in [0.2, 0.25) is 0 Å². The summed E-state index contributed by atoms with van der Waals surface area (Å²) in [5.41, 5.74) is 7.12. The number of hydrogen-bond acceptors (Lipinski definition) is 3. The maximum Gasteiger partial charge on any atom is 0.123 e. The standard InChI is InChI=1S/C14H23BrN2O/c1-5-17(10(2)3)13(9-16)12-8-11(15)6-7-14(12)18-4/h6-8,10,13H,5,9,16H2,1-4H3. The largest absolute Gasteiger partial charge is 0.496 e.